The molecule has 0 aliphatic carbocycles. The highest BCUT2D eigenvalue weighted by molar-refractivity contribution is 7.89. The number of benzene rings is 1. The van der Waals surface area contributed by atoms with Crippen LogP contribution < -0.4 is 10.0 Å². The fourth-order valence-corrected chi connectivity index (χ4v) is 6.58. The molecule has 3 rings (SSSR count). The zero-order valence-corrected chi connectivity index (χ0v) is 20.2. The van der Waals surface area contributed by atoms with Crippen LogP contribution in [0.25, 0.3) is 0 Å². The van der Waals surface area contributed by atoms with Gasteiger partial charge < -0.3 is 9.84 Å². The van der Waals surface area contributed by atoms with Crippen molar-refractivity contribution in [1.29, 1.82) is 0 Å². The van der Waals surface area contributed by atoms with Gasteiger partial charge in [-0.05, 0) is 44.4 Å². The smallest absolute Gasteiger partial charge is 0.248 e. The number of rotatable bonds is 9. The highest BCUT2D eigenvalue weighted by Gasteiger charge is 2.35. The van der Waals surface area contributed by atoms with Crippen molar-refractivity contribution in [3.05, 3.63) is 53.9 Å². The molecule has 1 saturated heterocycles. The van der Waals surface area contributed by atoms with E-state index in [-0.39, 0.29) is 47.9 Å². The lowest BCUT2D eigenvalue weighted by molar-refractivity contribution is -0.120. The molecule has 0 saturated carbocycles. The fourth-order valence-electron chi connectivity index (χ4n) is 3.72. The summed E-state index contributed by atoms with van der Waals surface area (Å²) in [4.78, 5) is 12.8. The highest BCUT2D eigenvalue weighted by atomic mass is 32.2. The van der Waals surface area contributed by atoms with Gasteiger partial charge in [0.2, 0.25) is 26.0 Å². The van der Waals surface area contributed by atoms with Crippen molar-refractivity contribution in [3.8, 4) is 0 Å². The Labute approximate surface area is 194 Å². The molecule has 0 atom stereocenters. The number of aryl methyl sites for hydroxylation is 2. The van der Waals surface area contributed by atoms with Gasteiger partial charge in [-0.3, -0.25) is 4.79 Å². The molecule has 1 aromatic carbocycles. The molecular weight excluding hydrogens is 468 g/mol. The summed E-state index contributed by atoms with van der Waals surface area (Å²) in [6.45, 7) is 7.23. The van der Waals surface area contributed by atoms with Crippen LogP contribution >= 0.6 is 0 Å². The number of carbonyl (C=O) groups excluding carboxylic acids is 1. The Hall–Kier alpha value is -2.54. The number of aromatic nitrogens is 1. The fraction of sp³-hybridized carbons (Fsp3) is 0.429. The Bertz CT molecular complexity index is 1190. The van der Waals surface area contributed by atoms with Crippen LogP contribution in [0.3, 0.4) is 0 Å². The van der Waals surface area contributed by atoms with Crippen molar-refractivity contribution in [1.82, 2.24) is 14.2 Å². The largest absolute Gasteiger partial charge is 0.360 e. The van der Waals surface area contributed by atoms with Gasteiger partial charge in [0, 0.05) is 31.2 Å². The predicted molar refractivity (Wildman–Crippen MR) is 123 cm³/mol. The molecule has 1 amide bonds. The first-order valence-corrected chi connectivity index (χ1v) is 13.5. The van der Waals surface area contributed by atoms with E-state index in [0.29, 0.717) is 29.8 Å². The monoisotopic (exact) mass is 496 g/mol. The molecule has 0 bridgehead atoms. The lowest BCUT2D eigenvalue weighted by Crippen LogP contribution is -2.41. The van der Waals surface area contributed by atoms with E-state index in [0.717, 1.165) is 0 Å². The number of piperidine rings is 1. The maximum absolute atomic E-state index is 12.9. The number of hydrogen-bond acceptors (Lipinski definition) is 7. The van der Waals surface area contributed by atoms with Gasteiger partial charge in [-0.2, -0.15) is 4.31 Å². The van der Waals surface area contributed by atoms with E-state index in [1.54, 1.807) is 38.1 Å². The summed E-state index contributed by atoms with van der Waals surface area (Å²) in [5, 5.41) is 6.55. The minimum Gasteiger partial charge on any atom is -0.360 e. The van der Waals surface area contributed by atoms with Crippen LogP contribution in [0.15, 0.2) is 46.3 Å². The van der Waals surface area contributed by atoms with E-state index in [1.807, 2.05) is 0 Å². The number of anilines is 1. The molecule has 0 unspecified atom stereocenters. The van der Waals surface area contributed by atoms with Gasteiger partial charge in [-0.25, -0.2) is 21.6 Å². The predicted octanol–water partition coefficient (Wildman–Crippen LogP) is 1.94. The maximum Gasteiger partial charge on any atom is 0.248 e. The van der Waals surface area contributed by atoms with Gasteiger partial charge in [0.1, 0.15) is 10.6 Å². The first-order valence-electron chi connectivity index (χ1n) is 10.4. The molecule has 1 aromatic heterocycles. The molecule has 1 aliphatic rings. The van der Waals surface area contributed by atoms with Gasteiger partial charge in [-0.15, -0.1) is 6.58 Å². The maximum atomic E-state index is 12.9. The minimum atomic E-state index is -3.73. The Balaban J connectivity index is 1.56. The van der Waals surface area contributed by atoms with Crippen molar-refractivity contribution < 1.29 is 26.2 Å². The molecule has 1 fully saturated rings. The number of nitrogens with zero attached hydrogens (tertiary/aromatic N) is 2. The molecule has 2 heterocycles. The average Bonchev–Trinajstić information content (AvgIpc) is 3.12. The van der Waals surface area contributed by atoms with Crippen LogP contribution in [0.2, 0.25) is 0 Å². The van der Waals surface area contributed by atoms with Crippen molar-refractivity contribution >= 4 is 31.6 Å². The second-order valence-corrected chi connectivity index (χ2v) is 11.6. The summed E-state index contributed by atoms with van der Waals surface area (Å²) < 4.78 is 58.5. The van der Waals surface area contributed by atoms with Crippen LogP contribution in [0.5, 0.6) is 0 Å². The standard InChI is InChI=1S/C21H28N4O6S2/c1-4-11-22-32(27,28)14-17-5-7-19(8-6-17)23-21(26)18-9-12-25(13-10-18)33(29,30)20-15(2)24-31-16(20)3/h4-8,18,22H,1,9-14H2,2-3H3,(H,23,26). The SMILES string of the molecule is C=CCNS(=O)(=O)Cc1ccc(NC(=O)C2CCN(S(=O)(=O)c3c(C)noc3C)CC2)cc1. The van der Waals surface area contributed by atoms with Gasteiger partial charge in [0.05, 0.1) is 5.75 Å². The molecule has 180 valence electrons. The lowest BCUT2D eigenvalue weighted by atomic mass is 9.97. The van der Waals surface area contributed by atoms with E-state index >= 15 is 0 Å². The molecule has 10 nitrogen and oxygen atoms in total. The summed E-state index contributed by atoms with van der Waals surface area (Å²) in [6, 6.07) is 6.57. The van der Waals surface area contributed by atoms with Crippen molar-refractivity contribution in [2.24, 2.45) is 5.92 Å². The van der Waals surface area contributed by atoms with Crippen LogP contribution in [0.1, 0.15) is 29.9 Å². The van der Waals surface area contributed by atoms with E-state index in [1.165, 1.54) is 10.4 Å². The van der Waals surface area contributed by atoms with Crippen LogP contribution in [0.4, 0.5) is 5.69 Å². The molecule has 0 radical (unpaired) electrons. The first-order chi connectivity index (χ1) is 15.5. The van der Waals surface area contributed by atoms with Gasteiger partial charge in [0.25, 0.3) is 0 Å². The minimum absolute atomic E-state index is 0.0900. The molecule has 12 heteroatoms. The van der Waals surface area contributed by atoms with Crippen molar-refractivity contribution in [2.75, 3.05) is 25.0 Å². The van der Waals surface area contributed by atoms with Crippen molar-refractivity contribution in [2.45, 2.75) is 37.3 Å². The van der Waals surface area contributed by atoms with E-state index in [9.17, 15) is 21.6 Å². The summed E-state index contributed by atoms with van der Waals surface area (Å²) in [6.07, 6.45) is 2.24. The number of nitrogens with one attached hydrogen (secondary N) is 2. The summed E-state index contributed by atoms with van der Waals surface area (Å²) in [5.74, 6) is -0.450. The third-order valence-electron chi connectivity index (χ3n) is 5.42. The van der Waals surface area contributed by atoms with Gasteiger partial charge >= 0.3 is 0 Å². The lowest BCUT2D eigenvalue weighted by Gasteiger charge is -2.30. The summed E-state index contributed by atoms with van der Waals surface area (Å²) in [7, 11) is -7.19. The third kappa shape index (κ3) is 6.08. The number of carbonyl (C=O) groups is 1. The van der Waals surface area contributed by atoms with E-state index in [4.69, 9.17) is 4.52 Å². The highest BCUT2D eigenvalue weighted by Crippen LogP contribution is 2.28. The molecular formula is C21H28N4O6S2. The Morgan fingerprint density at radius 1 is 1.18 bits per heavy atom. The zero-order valence-electron chi connectivity index (χ0n) is 18.6. The molecule has 1 aliphatic heterocycles. The number of hydrogen-bond donors (Lipinski definition) is 2. The Morgan fingerprint density at radius 2 is 1.82 bits per heavy atom. The average molecular weight is 497 g/mol. The Kier molecular flexibility index (Phi) is 7.73. The van der Waals surface area contributed by atoms with E-state index in [2.05, 4.69) is 21.8 Å². The topological polar surface area (TPSA) is 139 Å². The molecule has 2 aromatic rings. The number of amides is 1. The molecule has 2 N–H and O–H groups in total. The summed E-state index contributed by atoms with van der Waals surface area (Å²) in [5.41, 5.74) is 1.45. The van der Waals surface area contributed by atoms with Crippen LogP contribution in [-0.2, 0) is 30.6 Å². The Morgan fingerprint density at radius 3 is 2.36 bits per heavy atom. The second-order valence-electron chi connectivity index (χ2n) is 7.91. The van der Waals surface area contributed by atoms with E-state index < -0.39 is 20.0 Å². The van der Waals surface area contributed by atoms with Gasteiger partial charge in [-0.1, -0.05) is 23.4 Å². The van der Waals surface area contributed by atoms with Crippen LogP contribution in [0, 0.1) is 19.8 Å². The normalized spacial score (nSPS) is 15.9. The molecule has 0 spiro atoms. The zero-order chi connectivity index (χ0) is 24.2. The molecule has 33 heavy (non-hydrogen) atoms. The first kappa shape index (κ1) is 25.1. The van der Waals surface area contributed by atoms with Gasteiger partial charge in [0.15, 0.2) is 5.76 Å². The second kappa shape index (κ2) is 10.2. The quantitative estimate of drug-likeness (QED) is 0.506. The van der Waals surface area contributed by atoms with Crippen LogP contribution in [-0.4, -0.2) is 51.8 Å². The third-order valence-corrected chi connectivity index (χ3v) is 8.88. The van der Waals surface area contributed by atoms with Crippen molar-refractivity contribution in [3.63, 3.8) is 0 Å². The summed E-state index contributed by atoms with van der Waals surface area (Å²) >= 11 is 0. The number of sulfonamides is 2.